The van der Waals surface area contributed by atoms with Gasteiger partial charge in [-0.3, -0.25) is 0 Å². The number of benzene rings is 1. The van der Waals surface area contributed by atoms with Gasteiger partial charge in [0.15, 0.2) is 0 Å². The molecule has 1 atom stereocenters. The maximum absolute atomic E-state index is 5.87. The fourth-order valence-corrected chi connectivity index (χ4v) is 2.37. The lowest BCUT2D eigenvalue weighted by Crippen LogP contribution is -2.41. The number of nitrogen functional groups attached to an aromatic ring is 1. The largest absolute Gasteiger partial charge is 0.399 e. The zero-order valence-electron chi connectivity index (χ0n) is 10.5. The van der Waals surface area contributed by atoms with Gasteiger partial charge in [-0.05, 0) is 48.1 Å². The van der Waals surface area contributed by atoms with Crippen molar-refractivity contribution >= 4 is 5.69 Å². The molecule has 0 fully saturated rings. The van der Waals surface area contributed by atoms with Crippen LogP contribution in [0.2, 0.25) is 0 Å². The van der Waals surface area contributed by atoms with Crippen molar-refractivity contribution in [2.24, 2.45) is 5.41 Å². The molecule has 1 heterocycles. The second-order valence-electron chi connectivity index (χ2n) is 5.86. The summed E-state index contributed by atoms with van der Waals surface area (Å²) in [4.78, 5) is 0. The first-order valence-electron chi connectivity index (χ1n) is 6.07. The summed E-state index contributed by atoms with van der Waals surface area (Å²) >= 11 is 0. The van der Waals surface area contributed by atoms with Crippen molar-refractivity contribution in [2.75, 3.05) is 12.3 Å². The Hall–Kier alpha value is -1.02. The third-order valence-electron chi connectivity index (χ3n) is 3.48. The number of hydrogen-bond acceptors (Lipinski definition) is 2. The Morgan fingerprint density at radius 1 is 1.25 bits per heavy atom. The van der Waals surface area contributed by atoms with Crippen LogP contribution in [0.4, 0.5) is 5.69 Å². The van der Waals surface area contributed by atoms with Gasteiger partial charge in [-0.15, -0.1) is 0 Å². The predicted octanol–water partition coefficient (Wildman–Crippen LogP) is 2.37. The Bertz CT molecular complexity index is 377. The highest BCUT2D eigenvalue weighted by Crippen LogP contribution is 2.27. The van der Waals surface area contributed by atoms with Gasteiger partial charge in [0.1, 0.15) is 0 Å². The van der Waals surface area contributed by atoms with E-state index in [1.807, 2.05) is 6.07 Å². The number of nitrogens with one attached hydrogen (secondary N) is 1. The minimum absolute atomic E-state index is 0.298. The van der Waals surface area contributed by atoms with E-state index >= 15 is 0 Å². The summed E-state index contributed by atoms with van der Waals surface area (Å²) in [6.45, 7) is 7.95. The summed E-state index contributed by atoms with van der Waals surface area (Å²) in [5.41, 5.74) is 9.92. The summed E-state index contributed by atoms with van der Waals surface area (Å²) in [5.74, 6) is 0. The molecule has 1 unspecified atom stereocenters. The molecule has 2 nitrogen and oxygen atoms in total. The van der Waals surface area contributed by atoms with Crippen molar-refractivity contribution in [1.29, 1.82) is 0 Å². The Kier molecular flexibility index (Phi) is 2.94. The molecule has 0 bridgehead atoms. The number of fused-ring (bicyclic) bond motifs is 1. The Morgan fingerprint density at radius 3 is 2.69 bits per heavy atom. The molecule has 1 aliphatic rings. The van der Waals surface area contributed by atoms with E-state index in [1.165, 1.54) is 11.1 Å². The minimum atomic E-state index is 0.298. The molecule has 0 amide bonds. The van der Waals surface area contributed by atoms with E-state index in [2.05, 4.69) is 38.2 Å². The molecule has 0 aromatic heterocycles. The van der Waals surface area contributed by atoms with Crippen LogP contribution in [0.25, 0.3) is 0 Å². The molecule has 88 valence electrons. The highest BCUT2D eigenvalue weighted by atomic mass is 14.9. The van der Waals surface area contributed by atoms with Crippen molar-refractivity contribution in [3.63, 3.8) is 0 Å². The smallest absolute Gasteiger partial charge is 0.0316 e. The number of nitrogens with two attached hydrogens (primary N) is 1. The minimum Gasteiger partial charge on any atom is -0.399 e. The first-order valence-corrected chi connectivity index (χ1v) is 6.07. The molecule has 0 saturated heterocycles. The highest BCUT2D eigenvalue weighted by molar-refractivity contribution is 5.45. The number of hydrogen-bond donors (Lipinski definition) is 2. The van der Waals surface area contributed by atoms with Gasteiger partial charge in [-0.25, -0.2) is 0 Å². The van der Waals surface area contributed by atoms with Crippen LogP contribution in [0, 0.1) is 5.41 Å². The van der Waals surface area contributed by atoms with Gasteiger partial charge in [-0.2, -0.15) is 0 Å². The van der Waals surface area contributed by atoms with Crippen LogP contribution in [-0.2, 0) is 12.8 Å². The molecule has 1 aliphatic heterocycles. The van der Waals surface area contributed by atoms with E-state index in [1.54, 1.807) is 0 Å². The van der Waals surface area contributed by atoms with Crippen molar-refractivity contribution in [3.8, 4) is 0 Å². The van der Waals surface area contributed by atoms with E-state index in [0.29, 0.717) is 11.5 Å². The van der Waals surface area contributed by atoms with Crippen LogP contribution in [0.5, 0.6) is 0 Å². The highest BCUT2D eigenvalue weighted by Gasteiger charge is 2.26. The van der Waals surface area contributed by atoms with Gasteiger partial charge in [0.25, 0.3) is 0 Å². The number of rotatable bonds is 0. The van der Waals surface area contributed by atoms with Gasteiger partial charge in [-0.1, -0.05) is 26.8 Å². The summed E-state index contributed by atoms with van der Waals surface area (Å²) < 4.78 is 0. The average molecular weight is 218 g/mol. The molecule has 0 radical (unpaired) electrons. The molecule has 0 spiro atoms. The fraction of sp³-hybridized carbons (Fsp3) is 0.571. The van der Waals surface area contributed by atoms with Crippen LogP contribution in [-0.4, -0.2) is 12.6 Å². The van der Waals surface area contributed by atoms with E-state index in [0.717, 1.165) is 25.1 Å². The van der Waals surface area contributed by atoms with Gasteiger partial charge in [0, 0.05) is 11.7 Å². The zero-order valence-corrected chi connectivity index (χ0v) is 10.5. The molecule has 1 aromatic rings. The van der Waals surface area contributed by atoms with E-state index < -0.39 is 0 Å². The van der Waals surface area contributed by atoms with Crippen LogP contribution in [0.3, 0.4) is 0 Å². The van der Waals surface area contributed by atoms with Gasteiger partial charge < -0.3 is 11.1 Å². The van der Waals surface area contributed by atoms with Crippen molar-refractivity contribution in [1.82, 2.24) is 5.32 Å². The Balaban J connectivity index is 2.29. The van der Waals surface area contributed by atoms with Crippen LogP contribution in [0.1, 0.15) is 31.9 Å². The maximum atomic E-state index is 5.87. The molecule has 3 N–H and O–H groups in total. The Labute approximate surface area is 98.2 Å². The maximum Gasteiger partial charge on any atom is 0.0316 e. The standard InChI is InChI=1S/C14H22N2/c1-14(2,3)13-9-11-8-12(15)5-4-10(11)6-7-16-13/h4-5,8,13,16H,6-7,9,15H2,1-3H3. The summed E-state index contributed by atoms with van der Waals surface area (Å²) in [7, 11) is 0. The lowest BCUT2D eigenvalue weighted by Gasteiger charge is -2.30. The predicted molar refractivity (Wildman–Crippen MR) is 69.5 cm³/mol. The Morgan fingerprint density at radius 2 is 2.00 bits per heavy atom. The van der Waals surface area contributed by atoms with Crippen molar-refractivity contribution in [3.05, 3.63) is 29.3 Å². The summed E-state index contributed by atoms with van der Waals surface area (Å²) in [6.07, 6.45) is 2.20. The summed E-state index contributed by atoms with van der Waals surface area (Å²) in [5, 5.41) is 3.65. The number of anilines is 1. The van der Waals surface area contributed by atoms with Crippen LogP contribution >= 0.6 is 0 Å². The lowest BCUT2D eigenvalue weighted by atomic mass is 9.83. The third-order valence-corrected chi connectivity index (χ3v) is 3.48. The van der Waals surface area contributed by atoms with E-state index in [-0.39, 0.29) is 0 Å². The van der Waals surface area contributed by atoms with Crippen LogP contribution < -0.4 is 11.1 Å². The molecule has 0 saturated carbocycles. The lowest BCUT2D eigenvalue weighted by molar-refractivity contribution is 0.272. The fourth-order valence-electron chi connectivity index (χ4n) is 2.37. The topological polar surface area (TPSA) is 38.0 Å². The second kappa shape index (κ2) is 4.10. The molecule has 1 aromatic carbocycles. The van der Waals surface area contributed by atoms with Crippen molar-refractivity contribution in [2.45, 2.75) is 39.7 Å². The van der Waals surface area contributed by atoms with Gasteiger partial charge >= 0.3 is 0 Å². The molecular weight excluding hydrogens is 196 g/mol. The molecule has 2 rings (SSSR count). The first-order chi connectivity index (χ1) is 7.47. The monoisotopic (exact) mass is 218 g/mol. The van der Waals surface area contributed by atoms with E-state index in [9.17, 15) is 0 Å². The molecule has 2 heteroatoms. The molecule has 16 heavy (non-hydrogen) atoms. The SMILES string of the molecule is CC(C)(C)C1Cc2cc(N)ccc2CCN1. The second-order valence-corrected chi connectivity index (χ2v) is 5.86. The normalized spacial score (nSPS) is 21.3. The molecular formula is C14H22N2. The molecule has 0 aliphatic carbocycles. The first kappa shape index (κ1) is 11.5. The van der Waals surface area contributed by atoms with Gasteiger partial charge in [0.05, 0.1) is 0 Å². The average Bonchev–Trinajstić information content (AvgIpc) is 2.38. The third kappa shape index (κ3) is 2.38. The van der Waals surface area contributed by atoms with Gasteiger partial charge in [0.2, 0.25) is 0 Å². The zero-order chi connectivity index (χ0) is 11.8. The summed E-state index contributed by atoms with van der Waals surface area (Å²) in [6, 6.07) is 6.87. The van der Waals surface area contributed by atoms with Crippen LogP contribution in [0.15, 0.2) is 18.2 Å². The quantitative estimate of drug-likeness (QED) is 0.656. The van der Waals surface area contributed by atoms with E-state index in [4.69, 9.17) is 5.73 Å². The van der Waals surface area contributed by atoms with Crippen molar-refractivity contribution < 1.29 is 0 Å².